The number of amides is 1. The zero-order valence-corrected chi connectivity index (χ0v) is 15.5. The van der Waals surface area contributed by atoms with Crippen LogP contribution in [0.25, 0.3) is 0 Å². The van der Waals surface area contributed by atoms with Crippen molar-refractivity contribution in [2.45, 2.75) is 38.5 Å². The number of carbonyl (C=O) groups is 1. The third-order valence-electron chi connectivity index (χ3n) is 5.59. The molecule has 0 atom stereocenters. The summed E-state index contributed by atoms with van der Waals surface area (Å²) in [5, 5.41) is 0. The van der Waals surface area contributed by atoms with Crippen LogP contribution in [0.2, 0.25) is 0 Å². The van der Waals surface area contributed by atoms with Gasteiger partial charge >= 0.3 is 0 Å². The fourth-order valence-electron chi connectivity index (χ4n) is 3.89. The zero-order valence-electron chi connectivity index (χ0n) is 15.5. The molecule has 0 spiro atoms. The molecule has 4 nitrogen and oxygen atoms in total. The Bertz CT molecular complexity index is 503. The molecule has 1 aromatic carbocycles. The molecule has 1 aromatic rings. The van der Waals surface area contributed by atoms with Crippen LogP contribution in [0.1, 0.15) is 37.7 Å². The van der Waals surface area contributed by atoms with E-state index in [0.717, 1.165) is 52.2 Å². The van der Waals surface area contributed by atoms with Crippen LogP contribution in [-0.4, -0.2) is 73.0 Å². The molecule has 2 aliphatic heterocycles. The Morgan fingerprint density at radius 3 is 2.04 bits per heavy atom. The average molecular weight is 344 g/mol. The Labute approximate surface area is 152 Å². The molecule has 0 unspecified atom stereocenters. The normalized spacial score (nSPS) is 20.9. The Hall–Kier alpha value is -1.39. The third-order valence-corrected chi connectivity index (χ3v) is 5.59. The lowest BCUT2D eigenvalue weighted by atomic mass is 10.1. The fraction of sp³-hybridized carbons (Fsp3) is 0.667. The topological polar surface area (TPSA) is 26.8 Å². The molecule has 138 valence electrons. The van der Waals surface area contributed by atoms with E-state index in [-0.39, 0.29) is 0 Å². The van der Waals surface area contributed by atoms with E-state index < -0.39 is 0 Å². The van der Waals surface area contributed by atoms with Gasteiger partial charge in [-0.3, -0.25) is 9.69 Å². The van der Waals surface area contributed by atoms with Gasteiger partial charge in [-0.1, -0.05) is 49.6 Å². The fourth-order valence-corrected chi connectivity index (χ4v) is 3.89. The summed E-state index contributed by atoms with van der Waals surface area (Å²) in [5.74, 6) is 0.347. The van der Waals surface area contributed by atoms with Crippen molar-refractivity contribution in [3.05, 3.63) is 35.9 Å². The number of rotatable bonds is 5. The molecular weight excluding hydrogens is 310 g/mol. The number of nitrogens with zero attached hydrogens (tertiary/aromatic N) is 3. The molecule has 0 saturated carbocycles. The van der Waals surface area contributed by atoms with Crippen LogP contribution in [0.5, 0.6) is 0 Å². The number of hydrogen-bond acceptors (Lipinski definition) is 3. The molecule has 0 bridgehead atoms. The summed E-state index contributed by atoms with van der Waals surface area (Å²) in [6, 6.07) is 10.7. The van der Waals surface area contributed by atoms with Gasteiger partial charge in [0.25, 0.3) is 0 Å². The maximum atomic E-state index is 12.6. The van der Waals surface area contributed by atoms with Gasteiger partial charge in [-0.05, 0) is 24.8 Å². The first-order valence-electron chi connectivity index (χ1n) is 10.1. The first kappa shape index (κ1) is 18.4. The van der Waals surface area contributed by atoms with E-state index in [1.807, 2.05) is 0 Å². The first-order chi connectivity index (χ1) is 12.3. The number of likely N-dealkylation sites (tertiary alicyclic amines) is 1. The maximum Gasteiger partial charge on any atom is 0.236 e. The lowest BCUT2D eigenvalue weighted by molar-refractivity contribution is -0.133. The quantitative estimate of drug-likeness (QED) is 0.822. The smallest absolute Gasteiger partial charge is 0.236 e. The van der Waals surface area contributed by atoms with Crippen molar-refractivity contribution < 1.29 is 4.79 Å². The molecule has 3 rings (SSSR count). The second kappa shape index (κ2) is 9.93. The largest absolute Gasteiger partial charge is 0.342 e. The predicted octanol–water partition coefficient (Wildman–Crippen LogP) is 2.64. The molecule has 2 fully saturated rings. The number of carbonyl (C=O) groups excluding carboxylic acids is 1. The molecule has 2 saturated heterocycles. The van der Waals surface area contributed by atoms with E-state index >= 15 is 0 Å². The summed E-state index contributed by atoms with van der Waals surface area (Å²) < 4.78 is 0. The molecule has 2 heterocycles. The van der Waals surface area contributed by atoms with Crippen molar-refractivity contribution in [3.8, 4) is 0 Å². The standard InChI is InChI=1S/C21H33N3O/c25-21(24-12-7-2-1-3-8-13-24)19-23-17-15-22(16-18-23)14-11-20-9-5-4-6-10-20/h4-6,9-10H,1-3,7-8,11-19H2. The molecular formula is C21H33N3O. The minimum atomic E-state index is 0.347. The lowest BCUT2D eigenvalue weighted by Crippen LogP contribution is -2.50. The van der Waals surface area contributed by atoms with Crippen molar-refractivity contribution in [1.82, 2.24) is 14.7 Å². The van der Waals surface area contributed by atoms with Gasteiger partial charge in [0.05, 0.1) is 6.54 Å². The SMILES string of the molecule is O=C(CN1CCN(CCc2ccccc2)CC1)N1CCCCCCC1. The van der Waals surface area contributed by atoms with E-state index in [1.165, 1.54) is 37.7 Å². The Balaban J connectivity index is 1.36. The molecule has 1 amide bonds. The highest BCUT2D eigenvalue weighted by Crippen LogP contribution is 2.12. The Kier molecular flexibility index (Phi) is 7.31. The van der Waals surface area contributed by atoms with Gasteiger partial charge in [0.2, 0.25) is 5.91 Å². The van der Waals surface area contributed by atoms with E-state index in [9.17, 15) is 4.79 Å². The highest BCUT2D eigenvalue weighted by atomic mass is 16.2. The van der Waals surface area contributed by atoms with Crippen molar-refractivity contribution in [1.29, 1.82) is 0 Å². The van der Waals surface area contributed by atoms with Gasteiger partial charge in [-0.15, -0.1) is 0 Å². The van der Waals surface area contributed by atoms with Gasteiger partial charge < -0.3 is 9.80 Å². The van der Waals surface area contributed by atoms with Gasteiger partial charge in [0.1, 0.15) is 0 Å². The molecule has 25 heavy (non-hydrogen) atoms. The summed E-state index contributed by atoms with van der Waals surface area (Å²) in [6.45, 7) is 7.89. The van der Waals surface area contributed by atoms with Crippen LogP contribution in [0.3, 0.4) is 0 Å². The van der Waals surface area contributed by atoms with Crippen LogP contribution < -0.4 is 0 Å². The third kappa shape index (κ3) is 6.12. The second-order valence-corrected chi connectivity index (χ2v) is 7.50. The first-order valence-corrected chi connectivity index (χ1v) is 10.1. The number of piperazine rings is 1. The van der Waals surface area contributed by atoms with Gasteiger partial charge in [0.15, 0.2) is 0 Å². The van der Waals surface area contributed by atoms with Crippen molar-refractivity contribution in [3.63, 3.8) is 0 Å². The monoisotopic (exact) mass is 343 g/mol. The predicted molar refractivity (Wildman–Crippen MR) is 103 cm³/mol. The van der Waals surface area contributed by atoms with Crippen LogP contribution in [0.4, 0.5) is 0 Å². The summed E-state index contributed by atoms with van der Waals surface area (Å²) in [4.78, 5) is 19.6. The number of benzene rings is 1. The molecule has 0 aromatic heterocycles. The average Bonchev–Trinajstić information content (AvgIpc) is 2.61. The summed E-state index contributed by atoms with van der Waals surface area (Å²) in [7, 11) is 0. The summed E-state index contributed by atoms with van der Waals surface area (Å²) in [6.07, 6.45) is 7.38. The highest BCUT2D eigenvalue weighted by molar-refractivity contribution is 5.78. The zero-order chi connectivity index (χ0) is 17.3. The minimum absolute atomic E-state index is 0.347. The van der Waals surface area contributed by atoms with Crippen LogP contribution >= 0.6 is 0 Å². The number of hydrogen-bond donors (Lipinski definition) is 0. The van der Waals surface area contributed by atoms with Gasteiger partial charge in [-0.2, -0.15) is 0 Å². The van der Waals surface area contributed by atoms with Gasteiger partial charge in [0, 0.05) is 45.8 Å². The Morgan fingerprint density at radius 1 is 0.760 bits per heavy atom. The lowest BCUT2D eigenvalue weighted by Gasteiger charge is -2.35. The van der Waals surface area contributed by atoms with Crippen molar-refractivity contribution in [2.24, 2.45) is 0 Å². The van der Waals surface area contributed by atoms with Crippen molar-refractivity contribution in [2.75, 3.05) is 52.4 Å². The Morgan fingerprint density at radius 2 is 1.36 bits per heavy atom. The van der Waals surface area contributed by atoms with E-state index in [0.29, 0.717) is 12.5 Å². The van der Waals surface area contributed by atoms with Crippen molar-refractivity contribution >= 4 is 5.91 Å². The maximum absolute atomic E-state index is 12.6. The highest BCUT2D eigenvalue weighted by Gasteiger charge is 2.21. The molecule has 0 N–H and O–H groups in total. The van der Waals surface area contributed by atoms with Crippen LogP contribution in [-0.2, 0) is 11.2 Å². The molecule has 0 aliphatic carbocycles. The summed E-state index contributed by atoms with van der Waals surface area (Å²) >= 11 is 0. The van der Waals surface area contributed by atoms with Crippen LogP contribution in [0, 0.1) is 0 Å². The summed E-state index contributed by atoms with van der Waals surface area (Å²) in [5.41, 5.74) is 1.41. The van der Waals surface area contributed by atoms with E-state index in [4.69, 9.17) is 0 Å². The molecule has 4 heteroatoms. The van der Waals surface area contributed by atoms with E-state index in [1.54, 1.807) is 0 Å². The second-order valence-electron chi connectivity index (χ2n) is 7.50. The van der Waals surface area contributed by atoms with E-state index in [2.05, 4.69) is 45.0 Å². The van der Waals surface area contributed by atoms with Crippen LogP contribution in [0.15, 0.2) is 30.3 Å². The van der Waals surface area contributed by atoms with Gasteiger partial charge in [-0.25, -0.2) is 0 Å². The molecule has 2 aliphatic rings. The minimum Gasteiger partial charge on any atom is -0.342 e. The molecule has 0 radical (unpaired) electrons.